The molecule has 80 valence electrons. The van der Waals surface area contributed by atoms with Gasteiger partial charge in [-0.25, -0.2) is 9.07 Å². The van der Waals surface area contributed by atoms with Gasteiger partial charge in [0.05, 0.1) is 6.20 Å². The Bertz CT molecular complexity index is 442. The molecule has 15 heavy (non-hydrogen) atoms. The van der Waals surface area contributed by atoms with Crippen LogP contribution in [0.1, 0.15) is 5.56 Å². The van der Waals surface area contributed by atoms with E-state index < -0.39 is 0 Å². The van der Waals surface area contributed by atoms with Gasteiger partial charge >= 0.3 is 0 Å². The third-order valence-electron chi connectivity index (χ3n) is 1.97. The molecular formula is C10H11ClFN3. The van der Waals surface area contributed by atoms with E-state index in [-0.39, 0.29) is 18.2 Å². The van der Waals surface area contributed by atoms with Gasteiger partial charge in [0.2, 0.25) is 0 Å². The van der Waals surface area contributed by atoms with Gasteiger partial charge in [-0.05, 0) is 12.1 Å². The number of para-hydroxylation sites is 1. The van der Waals surface area contributed by atoms with Gasteiger partial charge in [-0.1, -0.05) is 12.1 Å². The van der Waals surface area contributed by atoms with Crippen LogP contribution in [0.3, 0.4) is 0 Å². The molecule has 0 aliphatic rings. The van der Waals surface area contributed by atoms with Crippen molar-refractivity contribution >= 4 is 12.4 Å². The Morgan fingerprint density at radius 3 is 2.67 bits per heavy atom. The summed E-state index contributed by atoms with van der Waals surface area (Å²) < 4.78 is 14.8. The minimum absolute atomic E-state index is 0. The van der Waals surface area contributed by atoms with Gasteiger partial charge in [-0.15, -0.1) is 12.4 Å². The molecule has 5 heteroatoms. The summed E-state index contributed by atoms with van der Waals surface area (Å²) >= 11 is 0. The van der Waals surface area contributed by atoms with E-state index in [0.717, 1.165) is 5.56 Å². The molecule has 0 radical (unpaired) electrons. The molecule has 1 heterocycles. The average molecular weight is 228 g/mol. The third-order valence-corrected chi connectivity index (χ3v) is 1.97. The number of nitrogens with zero attached hydrogens (tertiary/aromatic N) is 2. The van der Waals surface area contributed by atoms with Gasteiger partial charge in [0, 0.05) is 18.3 Å². The van der Waals surface area contributed by atoms with E-state index >= 15 is 0 Å². The van der Waals surface area contributed by atoms with Crippen LogP contribution in [0, 0.1) is 5.82 Å². The Kier molecular flexibility index (Phi) is 3.82. The van der Waals surface area contributed by atoms with Crippen LogP contribution in [0.4, 0.5) is 4.39 Å². The van der Waals surface area contributed by atoms with Gasteiger partial charge in [0.25, 0.3) is 0 Å². The van der Waals surface area contributed by atoms with Gasteiger partial charge in [-0.3, -0.25) is 0 Å². The van der Waals surface area contributed by atoms with E-state index in [4.69, 9.17) is 5.73 Å². The molecule has 0 spiro atoms. The van der Waals surface area contributed by atoms with Crippen LogP contribution in [0.25, 0.3) is 5.69 Å². The molecule has 1 aromatic heterocycles. The molecule has 0 amide bonds. The van der Waals surface area contributed by atoms with Crippen molar-refractivity contribution in [1.82, 2.24) is 9.78 Å². The maximum atomic E-state index is 13.3. The minimum atomic E-state index is -0.292. The molecule has 0 atom stereocenters. The van der Waals surface area contributed by atoms with E-state index in [1.54, 1.807) is 30.6 Å². The Hall–Kier alpha value is -1.39. The lowest BCUT2D eigenvalue weighted by Crippen LogP contribution is -1.98. The van der Waals surface area contributed by atoms with Gasteiger partial charge in [-0.2, -0.15) is 5.10 Å². The molecule has 0 bridgehead atoms. The molecule has 0 unspecified atom stereocenters. The Morgan fingerprint density at radius 1 is 1.33 bits per heavy atom. The summed E-state index contributed by atoms with van der Waals surface area (Å²) in [5.41, 5.74) is 6.75. The first-order chi connectivity index (χ1) is 6.81. The maximum absolute atomic E-state index is 13.3. The molecule has 0 saturated carbocycles. The van der Waals surface area contributed by atoms with Crippen molar-refractivity contribution in [3.8, 4) is 5.69 Å². The summed E-state index contributed by atoms with van der Waals surface area (Å²) in [6, 6.07) is 6.48. The highest BCUT2D eigenvalue weighted by Gasteiger charge is 2.04. The summed E-state index contributed by atoms with van der Waals surface area (Å²) in [6.07, 6.45) is 3.35. The fraction of sp³-hybridized carbons (Fsp3) is 0.100. The van der Waals surface area contributed by atoms with Crippen LogP contribution < -0.4 is 5.73 Å². The SMILES string of the molecule is Cl.NCc1cnn(-c2ccccc2F)c1. The Labute approximate surface area is 93.1 Å². The predicted octanol–water partition coefficient (Wildman–Crippen LogP) is 1.89. The van der Waals surface area contributed by atoms with Crippen LogP contribution in [0.5, 0.6) is 0 Å². The van der Waals surface area contributed by atoms with Crippen LogP contribution in [0.15, 0.2) is 36.7 Å². The van der Waals surface area contributed by atoms with E-state index in [0.29, 0.717) is 12.2 Å². The smallest absolute Gasteiger partial charge is 0.148 e. The maximum Gasteiger partial charge on any atom is 0.148 e. The molecule has 0 saturated heterocycles. The highest BCUT2D eigenvalue weighted by atomic mass is 35.5. The Morgan fingerprint density at radius 2 is 2.07 bits per heavy atom. The first kappa shape index (κ1) is 11.7. The monoisotopic (exact) mass is 227 g/mol. The lowest BCUT2D eigenvalue weighted by Gasteiger charge is -2.01. The third kappa shape index (κ3) is 2.34. The normalized spacial score (nSPS) is 9.73. The van der Waals surface area contributed by atoms with Crippen molar-refractivity contribution in [3.63, 3.8) is 0 Å². The zero-order chi connectivity index (χ0) is 9.97. The molecule has 0 aliphatic carbocycles. The number of rotatable bonds is 2. The molecule has 1 aromatic carbocycles. The van der Waals surface area contributed by atoms with Crippen molar-refractivity contribution in [3.05, 3.63) is 48.0 Å². The van der Waals surface area contributed by atoms with Crippen molar-refractivity contribution in [2.75, 3.05) is 0 Å². The number of benzene rings is 1. The van der Waals surface area contributed by atoms with Crippen LogP contribution >= 0.6 is 12.4 Å². The second kappa shape index (κ2) is 4.91. The lowest BCUT2D eigenvalue weighted by atomic mass is 10.3. The second-order valence-electron chi connectivity index (χ2n) is 2.95. The highest BCUT2D eigenvalue weighted by molar-refractivity contribution is 5.85. The molecule has 3 nitrogen and oxygen atoms in total. The number of hydrogen-bond acceptors (Lipinski definition) is 2. The van der Waals surface area contributed by atoms with E-state index in [2.05, 4.69) is 5.10 Å². The van der Waals surface area contributed by atoms with E-state index in [1.165, 1.54) is 10.7 Å². The highest BCUT2D eigenvalue weighted by Crippen LogP contribution is 2.11. The van der Waals surface area contributed by atoms with Crippen LogP contribution in [-0.2, 0) is 6.54 Å². The quantitative estimate of drug-likeness (QED) is 0.852. The largest absolute Gasteiger partial charge is 0.326 e. The molecule has 2 N–H and O–H groups in total. The van der Waals surface area contributed by atoms with Gasteiger partial charge < -0.3 is 5.73 Å². The molecule has 0 aliphatic heterocycles. The standard InChI is InChI=1S/C10H10FN3.ClH/c11-9-3-1-2-4-10(9)14-7-8(5-12)6-13-14;/h1-4,6-7H,5,12H2;1H. The fourth-order valence-electron chi connectivity index (χ4n) is 1.23. The molecular weight excluding hydrogens is 217 g/mol. The summed E-state index contributed by atoms with van der Waals surface area (Å²) in [4.78, 5) is 0. The summed E-state index contributed by atoms with van der Waals surface area (Å²) in [7, 11) is 0. The van der Waals surface area contributed by atoms with Crippen molar-refractivity contribution in [2.24, 2.45) is 5.73 Å². The minimum Gasteiger partial charge on any atom is -0.326 e. The zero-order valence-corrected chi connectivity index (χ0v) is 8.75. The number of halogens is 2. The first-order valence-corrected chi connectivity index (χ1v) is 4.30. The fourth-order valence-corrected chi connectivity index (χ4v) is 1.23. The molecule has 2 aromatic rings. The topological polar surface area (TPSA) is 43.8 Å². The summed E-state index contributed by atoms with van der Waals surface area (Å²) in [5.74, 6) is -0.292. The van der Waals surface area contributed by atoms with Crippen molar-refractivity contribution in [1.29, 1.82) is 0 Å². The van der Waals surface area contributed by atoms with Crippen LogP contribution in [0.2, 0.25) is 0 Å². The number of nitrogens with two attached hydrogens (primary N) is 1. The van der Waals surface area contributed by atoms with E-state index in [1.807, 2.05) is 0 Å². The number of aromatic nitrogens is 2. The molecule has 2 rings (SSSR count). The summed E-state index contributed by atoms with van der Waals surface area (Å²) in [5, 5.41) is 4.01. The zero-order valence-electron chi connectivity index (χ0n) is 7.93. The Balaban J connectivity index is 0.00000112. The van der Waals surface area contributed by atoms with Crippen molar-refractivity contribution < 1.29 is 4.39 Å². The van der Waals surface area contributed by atoms with Crippen LogP contribution in [-0.4, -0.2) is 9.78 Å². The number of hydrogen-bond donors (Lipinski definition) is 1. The average Bonchev–Trinajstić information content (AvgIpc) is 2.67. The second-order valence-corrected chi connectivity index (χ2v) is 2.95. The molecule has 0 fully saturated rings. The first-order valence-electron chi connectivity index (χ1n) is 4.30. The van der Waals surface area contributed by atoms with Gasteiger partial charge in [0.1, 0.15) is 11.5 Å². The van der Waals surface area contributed by atoms with E-state index in [9.17, 15) is 4.39 Å². The lowest BCUT2D eigenvalue weighted by molar-refractivity contribution is 0.611. The predicted molar refractivity (Wildman–Crippen MR) is 58.7 cm³/mol. The van der Waals surface area contributed by atoms with Crippen molar-refractivity contribution in [2.45, 2.75) is 6.54 Å². The van der Waals surface area contributed by atoms with Gasteiger partial charge in [0.15, 0.2) is 0 Å². The summed E-state index contributed by atoms with van der Waals surface area (Å²) in [6.45, 7) is 0.411.